The van der Waals surface area contributed by atoms with E-state index in [2.05, 4.69) is 0 Å². The number of esters is 1. The minimum absolute atomic E-state index is 0.149. The number of hydrogen-bond donors (Lipinski definition) is 0. The Bertz CT molecular complexity index is 729. The number of nitrogens with zero attached hydrogens (tertiary/aromatic N) is 1. The third-order valence-corrected chi connectivity index (χ3v) is 2.90. The topological polar surface area (TPSA) is 69.4 Å². The van der Waals surface area contributed by atoms with Crippen LogP contribution in [0.5, 0.6) is 0 Å². The summed E-state index contributed by atoms with van der Waals surface area (Å²) in [5.74, 6) is -1.07. The molecule has 23 heavy (non-hydrogen) atoms. The molecule has 5 nitrogen and oxygen atoms in total. The molecule has 0 heterocycles. The standard InChI is InChI=1S/C15H10F3NO4/c16-15(17,18)12-6-11(7-13(8-12)19(21)22)14(20)23-9-10-4-2-1-3-5-10/h1-8H,9H2. The highest BCUT2D eigenvalue weighted by Crippen LogP contribution is 2.32. The van der Waals surface area contributed by atoms with E-state index < -0.39 is 33.9 Å². The smallest absolute Gasteiger partial charge is 0.416 e. The Hall–Kier alpha value is -2.90. The molecule has 2 aromatic rings. The molecular formula is C15H10F3NO4. The van der Waals surface area contributed by atoms with Gasteiger partial charge in [-0.2, -0.15) is 13.2 Å². The Balaban J connectivity index is 2.25. The molecule has 0 atom stereocenters. The van der Waals surface area contributed by atoms with Gasteiger partial charge in [-0.15, -0.1) is 0 Å². The van der Waals surface area contributed by atoms with Gasteiger partial charge in [0.2, 0.25) is 0 Å². The van der Waals surface area contributed by atoms with Gasteiger partial charge >= 0.3 is 12.1 Å². The van der Waals surface area contributed by atoms with E-state index in [9.17, 15) is 28.1 Å². The van der Waals surface area contributed by atoms with Crippen molar-refractivity contribution in [1.29, 1.82) is 0 Å². The SMILES string of the molecule is O=C(OCc1ccccc1)c1cc([N+](=O)[O-])cc(C(F)(F)F)c1. The van der Waals surface area contributed by atoms with Gasteiger partial charge in [-0.3, -0.25) is 10.1 Å². The number of carbonyl (C=O) groups excluding carboxylic acids is 1. The molecule has 0 amide bonds. The molecule has 8 heteroatoms. The highest BCUT2D eigenvalue weighted by Gasteiger charge is 2.33. The van der Waals surface area contributed by atoms with Crippen LogP contribution in [0.25, 0.3) is 0 Å². The highest BCUT2D eigenvalue weighted by atomic mass is 19.4. The second-order valence-corrected chi connectivity index (χ2v) is 4.59. The summed E-state index contributed by atoms with van der Waals surface area (Å²) in [5, 5.41) is 10.7. The predicted molar refractivity (Wildman–Crippen MR) is 73.7 cm³/mol. The Kier molecular flexibility index (Phi) is 4.63. The van der Waals surface area contributed by atoms with Crippen LogP contribution in [-0.4, -0.2) is 10.9 Å². The second kappa shape index (κ2) is 6.47. The van der Waals surface area contributed by atoms with Gasteiger partial charge in [0.25, 0.3) is 5.69 Å². The number of nitro groups is 1. The first kappa shape index (κ1) is 16.5. The van der Waals surface area contributed by atoms with Gasteiger partial charge in [-0.25, -0.2) is 4.79 Å². The number of hydrogen-bond acceptors (Lipinski definition) is 4. The van der Waals surface area contributed by atoms with E-state index in [1.807, 2.05) is 0 Å². The Labute approximate surface area is 128 Å². The lowest BCUT2D eigenvalue weighted by Gasteiger charge is -2.09. The fourth-order valence-corrected chi connectivity index (χ4v) is 1.80. The fraction of sp³-hybridized carbons (Fsp3) is 0.133. The van der Waals surface area contributed by atoms with E-state index in [0.717, 1.165) is 6.07 Å². The molecule has 2 rings (SSSR count). The van der Waals surface area contributed by atoms with E-state index >= 15 is 0 Å². The van der Waals surface area contributed by atoms with E-state index in [1.54, 1.807) is 30.3 Å². The summed E-state index contributed by atoms with van der Waals surface area (Å²) in [6, 6.07) is 10.2. The molecule has 0 bridgehead atoms. The van der Waals surface area contributed by atoms with Crippen molar-refractivity contribution in [3.05, 3.63) is 75.3 Å². The van der Waals surface area contributed by atoms with Gasteiger partial charge in [0.15, 0.2) is 0 Å². The van der Waals surface area contributed by atoms with Crippen molar-refractivity contribution in [3.8, 4) is 0 Å². The van der Waals surface area contributed by atoms with Crippen molar-refractivity contribution >= 4 is 11.7 Å². The maximum Gasteiger partial charge on any atom is 0.416 e. The van der Waals surface area contributed by atoms with Gasteiger partial charge < -0.3 is 4.74 Å². The Morgan fingerprint density at radius 1 is 1.13 bits per heavy atom. The third-order valence-electron chi connectivity index (χ3n) is 2.90. The summed E-state index contributed by atoms with van der Waals surface area (Å²) in [4.78, 5) is 21.6. The van der Waals surface area contributed by atoms with Crippen molar-refractivity contribution in [1.82, 2.24) is 0 Å². The minimum Gasteiger partial charge on any atom is -0.457 e. The van der Waals surface area contributed by atoms with Gasteiger partial charge in [0.05, 0.1) is 16.1 Å². The largest absolute Gasteiger partial charge is 0.457 e. The number of non-ortho nitro benzene ring substituents is 1. The van der Waals surface area contributed by atoms with E-state index in [1.165, 1.54) is 0 Å². The van der Waals surface area contributed by atoms with Crippen molar-refractivity contribution in [3.63, 3.8) is 0 Å². The summed E-state index contributed by atoms with van der Waals surface area (Å²) in [5.41, 5.74) is -1.99. The maximum atomic E-state index is 12.8. The number of nitro benzene ring substituents is 1. The molecule has 120 valence electrons. The molecule has 0 fully saturated rings. The quantitative estimate of drug-likeness (QED) is 0.484. The molecule has 0 aliphatic rings. The number of ether oxygens (including phenoxy) is 1. The first-order valence-corrected chi connectivity index (χ1v) is 6.35. The minimum atomic E-state index is -4.81. The number of halogens is 3. The molecule has 0 unspecified atom stereocenters. The monoisotopic (exact) mass is 325 g/mol. The normalized spacial score (nSPS) is 11.1. The Morgan fingerprint density at radius 3 is 2.35 bits per heavy atom. The number of benzene rings is 2. The molecule has 0 spiro atoms. The molecule has 0 radical (unpaired) electrons. The van der Waals surface area contributed by atoms with Crippen LogP contribution in [0.4, 0.5) is 18.9 Å². The number of rotatable bonds is 4. The van der Waals surface area contributed by atoms with Crippen LogP contribution in [0, 0.1) is 10.1 Å². The van der Waals surface area contributed by atoms with Crippen LogP contribution in [0.2, 0.25) is 0 Å². The molecule has 0 N–H and O–H groups in total. The van der Waals surface area contributed by atoms with E-state index in [-0.39, 0.29) is 6.61 Å². The van der Waals surface area contributed by atoms with Gasteiger partial charge in [-0.1, -0.05) is 30.3 Å². The zero-order valence-electron chi connectivity index (χ0n) is 11.5. The van der Waals surface area contributed by atoms with Gasteiger partial charge in [0.1, 0.15) is 6.61 Å². The van der Waals surface area contributed by atoms with Crippen LogP contribution in [0.3, 0.4) is 0 Å². The molecule has 0 saturated heterocycles. The lowest BCUT2D eigenvalue weighted by molar-refractivity contribution is -0.385. The summed E-state index contributed by atoms with van der Waals surface area (Å²) in [6.45, 7) is -0.149. The molecule has 2 aromatic carbocycles. The van der Waals surface area contributed by atoms with Crippen molar-refractivity contribution in [2.45, 2.75) is 12.8 Å². The lowest BCUT2D eigenvalue weighted by atomic mass is 10.1. The van der Waals surface area contributed by atoms with E-state index in [0.29, 0.717) is 17.7 Å². The van der Waals surface area contributed by atoms with Crippen LogP contribution in [0.1, 0.15) is 21.5 Å². The number of carbonyl (C=O) groups is 1. The van der Waals surface area contributed by atoms with Gasteiger partial charge in [-0.05, 0) is 11.6 Å². The summed E-state index contributed by atoms with van der Waals surface area (Å²) < 4.78 is 43.1. The van der Waals surface area contributed by atoms with Crippen molar-refractivity contribution < 1.29 is 27.6 Å². The van der Waals surface area contributed by atoms with E-state index in [4.69, 9.17) is 4.74 Å². The molecule has 0 aromatic heterocycles. The highest BCUT2D eigenvalue weighted by molar-refractivity contribution is 5.90. The predicted octanol–water partition coefficient (Wildman–Crippen LogP) is 3.97. The third kappa shape index (κ3) is 4.29. The Morgan fingerprint density at radius 2 is 1.78 bits per heavy atom. The van der Waals surface area contributed by atoms with Crippen LogP contribution >= 0.6 is 0 Å². The van der Waals surface area contributed by atoms with Crippen molar-refractivity contribution in [2.24, 2.45) is 0 Å². The molecule has 0 aliphatic carbocycles. The lowest BCUT2D eigenvalue weighted by Crippen LogP contribution is -2.11. The average Bonchev–Trinajstić information content (AvgIpc) is 2.52. The summed E-state index contributed by atoms with van der Waals surface area (Å²) in [7, 11) is 0. The maximum absolute atomic E-state index is 12.8. The summed E-state index contributed by atoms with van der Waals surface area (Å²) >= 11 is 0. The molecule has 0 aliphatic heterocycles. The molecule has 0 saturated carbocycles. The second-order valence-electron chi connectivity index (χ2n) is 4.59. The van der Waals surface area contributed by atoms with Gasteiger partial charge in [0, 0.05) is 12.1 Å². The van der Waals surface area contributed by atoms with Crippen LogP contribution in [0.15, 0.2) is 48.5 Å². The first-order chi connectivity index (χ1) is 10.8. The zero-order chi connectivity index (χ0) is 17.0. The van der Waals surface area contributed by atoms with Crippen LogP contribution in [-0.2, 0) is 17.5 Å². The van der Waals surface area contributed by atoms with Crippen LogP contribution < -0.4 is 0 Å². The average molecular weight is 325 g/mol. The first-order valence-electron chi connectivity index (χ1n) is 6.35. The number of alkyl halides is 3. The molecular weight excluding hydrogens is 315 g/mol. The zero-order valence-corrected chi connectivity index (χ0v) is 11.5. The van der Waals surface area contributed by atoms with Crippen molar-refractivity contribution in [2.75, 3.05) is 0 Å². The summed E-state index contributed by atoms with van der Waals surface area (Å²) in [6.07, 6.45) is -4.81. The fourth-order valence-electron chi connectivity index (χ4n) is 1.80.